The largest absolute Gasteiger partial charge is 0.479 e. The van der Waals surface area contributed by atoms with Gasteiger partial charge in [-0.05, 0) is 18.6 Å². The molecule has 0 aromatic heterocycles. The van der Waals surface area contributed by atoms with Gasteiger partial charge in [0.15, 0.2) is 12.0 Å². The average Bonchev–Trinajstić information content (AvgIpc) is 2.14. The highest BCUT2D eigenvalue weighted by Gasteiger charge is 2.32. The van der Waals surface area contributed by atoms with Crippen molar-refractivity contribution in [2.45, 2.75) is 12.4 Å². The van der Waals surface area contributed by atoms with Crippen LogP contribution < -0.4 is 0 Å². The van der Waals surface area contributed by atoms with Crippen molar-refractivity contribution in [3.63, 3.8) is 0 Å². The van der Waals surface area contributed by atoms with E-state index in [1.165, 1.54) is 6.07 Å². The second kappa shape index (κ2) is 4.57. The van der Waals surface area contributed by atoms with Gasteiger partial charge in [-0.2, -0.15) is 13.2 Å². The fourth-order valence-electron chi connectivity index (χ4n) is 0.932. The predicted molar refractivity (Wildman–Crippen MR) is 50.2 cm³/mol. The Morgan fingerprint density at radius 2 is 1.93 bits per heavy atom. The van der Waals surface area contributed by atoms with Gasteiger partial charge in [0.2, 0.25) is 0 Å². The van der Waals surface area contributed by atoms with Crippen molar-refractivity contribution < 1.29 is 22.1 Å². The molecule has 1 aromatic rings. The van der Waals surface area contributed by atoms with Crippen LogP contribution in [0.1, 0.15) is 15.9 Å². The van der Waals surface area contributed by atoms with Crippen molar-refractivity contribution in [1.29, 1.82) is 0 Å². The van der Waals surface area contributed by atoms with E-state index in [0.29, 0.717) is 5.56 Å². The van der Waals surface area contributed by atoms with Crippen molar-refractivity contribution in [2.24, 2.45) is 0 Å². The van der Waals surface area contributed by atoms with Crippen LogP contribution in [-0.2, 0) is 4.18 Å². The van der Waals surface area contributed by atoms with Gasteiger partial charge in [-0.3, -0.25) is 0 Å². The van der Waals surface area contributed by atoms with E-state index in [4.69, 9.17) is 0 Å². The molecular formula is C9H7F3O2S. The van der Waals surface area contributed by atoms with Crippen LogP contribution in [0.2, 0.25) is 0 Å². The number of halogens is 3. The first-order valence-electron chi connectivity index (χ1n) is 3.92. The fraction of sp³-hybridized carbons (Fsp3) is 0.222. The molecule has 0 bridgehead atoms. The highest BCUT2D eigenvalue weighted by molar-refractivity contribution is 7.95. The Bertz CT molecular complexity index is 363. The molecule has 0 aliphatic carbocycles. The number of carbonyl (C=O) groups is 1. The number of benzene rings is 1. The summed E-state index contributed by atoms with van der Waals surface area (Å²) in [5, 5.41) is 0. The van der Waals surface area contributed by atoms with E-state index in [-0.39, 0.29) is 5.56 Å². The van der Waals surface area contributed by atoms with Gasteiger partial charge in [0.05, 0.1) is 5.56 Å². The molecule has 0 aliphatic rings. The number of hydrogen-bond donors (Lipinski definition) is 0. The number of alkyl halides is 3. The maximum absolute atomic E-state index is 11.7. The van der Waals surface area contributed by atoms with Crippen LogP contribution in [0.15, 0.2) is 24.3 Å². The highest BCUT2D eigenvalue weighted by atomic mass is 32.2. The summed E-state index contributed by atoms with van der Waals surface area (Å²) in [7, 11) is 0. The SMILES string of the molecule is Cc1ccccc1C(=O)OSC(F)(F)F. The topological polar surface area (TPSA) is 26.3 Å². The van der Waals surface area contributed by atoms with E-state index >= 15 is 0 Å². The first-order chi connectivity index (χ1) is 6.90. The fourth-order valence-corrected chi connectivity index (χ4v) is 1.19. The lowest BCUT2D eigenvalue weighted by Gasteiger charge is -2.06. The third kappa shape index (κ3) is 3.83. The van der Waals surface area contributed by atoms with Gasteiger partial charge >= 0.3 is 11.5 Å². The van der Waals surface area contributed by atoms with E-state index in [1.807, 2.05) is 0 Å². The minimum Gasteiger partial charge on any atom is -0.378 e. The minimum absolute atomic E-state index is 0.134. The Morgan fingerprint density at radius 1 is 1.33 bits per heavy atom. The number of carbonyl (C=O) groups excluding carboxylic acids is 1. The van der Waals surface area contributed by atoms with E-state index in [2.05, 4.69) is 4.18 Å². The quantitative estimate of drug-likeness (QED) is 0.737. The summed E-state index contributed by atoms with van der Waals surface area (Å²) in [5.41, 5.74) is -3.86. The summed E-state index contributed by atoms with van der Waals surface area (Å²) in [5.74, 6) is -0.990. The Kier molecular flexibility index (Phi) is 3.62. The zero-order valence-corrected chi connectivity index (χ0v) is 8.48. The van der Waals surface area contributed by atoms with Crippen LogP contribution in [0.4, 0.5) is 13.2 Å². The van der Waals surface area contributed by atoms with Crippen LogP contribution in [0.3, 0.4) is 0 Å². The normalized spacial score (nSPS) is 11.2. The molecule has 15 heavy (non-hydrogen) atoms. The lowest BCUT2D eigenvalue weighted by atomic mass is 10.1. The van der Waals surface area contributed by atoms with E-state index in [9.17, 15) is 18.0 Å². The third-order valence-electron chi connectivity index (χ3n) is 1.58. The molecule has 0 amide bonds. The second-order valence-corrected chi connectivity index (χ2v) is 3.51. The average molecular weight is 236 g/mol. The molecule has 0 unspecified atom stereocenters. The third-order valence-corrected chi connectivity index (χ3v) is 2.00. The van der Waals surface area contributed by atoms with E-state index < -0.39 is 23.5 Å². The molecule has 0 aliphatic heterocycles. The van der Waals surface area contributed by atoms with Gasteiger partial charge in [0, 0.05) is 0 Å². The van der Waals surface area contributed by atoms with Crippen molar-refractivity contribution in [3.05, 3.63) is 35.4 Å². The number of aryl methyl sites for hydroxylation is 1. The summed E-state index contributed by atoms with van der Waals surface area (Å²) in [6, 6.07) is 6.27. The molecule has 2 nitrogen and oxygen atoms in total. The van der Waals surface area contributed by atoms with E-state index in [1.54, 1.807) is 25.1 Å². The molecule has 0 spiro atoms. The van der Waals surface area contributed by atoms with Gasteiger partial charge in [-0.25, -0.2) is 4.79 Å². The van der Waals surface area contributed by atoms with Crippen molar-refractivity contribution in [2.75, 3.05) is 0 Å². The predicted octanol–water partition coefficient (Wildman–Crippen LogP) is 3.32. The van der Waals surface area contributed by atoms with Crippen LogP contribution in [0.5, 0.6) is 0 Å². The van der Waals surface area contributed by atoms with Crippen molar-refractivity contribution in [3.8, 4) is 0 Å². The van der Waals surface area contributed by atoms with E-state index in [0.717, 1.165) is 0 Å². The maximum atomic E-state index is 11.7. The summed E-state index contributed by atoms with van der Waals surface area (Å²) < 4.78 is 39.2. The summed E-state index contributed by atoms with van der Waals surface area (Å²) in [6.07, 6.45) is 0. The molecule has 0 saturated carbocycles. The van der Waals surface area contributed by atoms with Gasteiger partial charge in [0.25, 0.3) is 0 Å². The van der Waals surface area contributed by atoms with Gasteiger partial charge < -0.3 is 4.18 Å². The van der Waals surface area contributed by atoms with Gasteiger partial charge in [0.1, 0.15) is 0 Å². The zero-order valence-electron chi connectivity index (χ0n) is 7.67. The zero-order chi connectivity index (χ0) is 11.5. The van der Waals surface area contributed by atoms with Crippen LogP contribution in [0.25, 0.3) is 0 Å². The molecule has 0 atom stereocenters. The molecule has 6 heteroatoms. The molecule has 0 fully saturated rings. The van der Waals surface area contributed by atoms with Crippen LogP contribution >= 0.6 is 12.0 Å². The second-order valence-electron chi connectivity index (χ2n) is 2.71. The van der Waals surface area contributed by atoms with Gasteiger partial charge in [-0.15, -0.1) is 0 Å². The molecule has 82 valence electrons. The standard InChI is InChI=1S/C9H7F3O2S/c1-6-4-2-3-5-7(6)8(13)14-15-9(10,11)12/h2-5H,1H3. The van der Waals surface area contributed by atoms with Crippen molar-refractivity contribution >= 4 is 18.0 Å². The van der Waals surface area contributed by atoms with Crippen molar-refractivity contribution in [1.82, 2.24) is 0 Å². The Labute approximate surface area is 88.6 Å². The Morgan fingerprint density at radius 3 is 2.47 bits per heavy atom. The summed E-state index contributed by atoms with van der Waals surface area (Å²) >= 11 is -0.804. The lowest BCUT2D eigenvalue weighted by molar-refractivity contribution is -0.0388. The molecular weight excluding hydrogens is 229 g/mol. The molecule has 0 radical (unpaired) electrons. The molecule has 0 saturated heterocycles. The van der Waals surface area contributed by atoms with Gasteiger partial charge in [-0.1, -0.05) is 18.2 Å². The number of hydrogen-bond acceptors (Lipinski definition) is 3. The first kappa shape index (κ1) is 11.9. The molecule has 0 heterocycles. The summed E-state index contributed by atoms with van der Waals surface area (Å²) in [4.78, 5) is 11.2. The molecule has 0 N–H and O–H groups in total. The maximum Gasteiger partial charge on any atom is 0.479 e. The molecule has 1 aromatic carbocycles. The summed E-state index contributed by atoms with van der Waals surface area (Å²) in [6.45, 7) is 1.62. The molecule has 1 rings (SSSR count). The Hall–Kier alpha value is -1.17. The smallest absolute Gasteiger partial charge is 0.378 e. The first-order valence-corrected chi connectivity index (χ1v) is 4.66. The highest BCUT2D eigenvalue weighted by Crippen LogP contribution is 2.31. The monoisotopic (exact) mass is 236 g/mol. The minimum atomic E-state index is -4.57. The lowest BCUT2D eigenvalue weighted by Crippen LogP contribution is -2.08. The van der Waals surface area contributed by atoms with Crippen LogP contribution in [0, 0.1) is 6.92 Å². The number of rotatable bonds is 2. The van der Waals surface area contributed by atoms with Crippen LogP contribution in [-0.4, -0.2) is 11.5 Å². The Balaban J connectivity index is 2.66.